The maximum atomic E-state index is 11.5. The zero-order valence-electron chi connectivity index (χ0n) is 12.7. The minimum absolute atomic E-state index is 0.0207. The van der Waals surface area contributed by atoms with Crippen LogP contribution >= 0.6 is 12.2 Å². The lowest BCUT2D eigenvalue weighted by Gasteiger charge is -2.25. The molecule has 0 amide bonds. The smallest absolute Gasteiger partial charge is 0.171 e. The number of sulfone groups is 1. The number of rotatable bonds is 4. The number of nitrogens with one attached hydrogen (secondary N) is 2. The molecule has 0 aliphatic heterocycles. The SMILES string of the molecule is CS(=O)(=O)Cc1ccccc1NC(=S)N[C@H]1C[C@H]2CC[C@H]1C2. The van der Waals surface area contributed by atoms with Crippen molar-refractivity contribution in [3.8, 4) is 0 Å². The molecule has 0 aromatic heterocycles. The van der Waals surface area contributed by atoms with Gasteiger partial charge in [-0.15, -0.1) is 0 Å². The van der Waals surface area contributed by atoms with Gasteiger partial charge in [0, 0.05) is 18.0 Å². The zero-order valence-corrected chi connectivity index (χ0v) is 14.3. The number of benzene rings is 1. The first-order valence-corrected chi connectivity index (χ1v) is 10.2. The Bertz CT molecular complexity index is 672. The van der Waals surface area contributed by atoms with E-state index in [-0.39, 0.29) is 5.75 Å². The van der Waals surface area contributed by atoms with E-state index in [1.807, 2.05) is 24.3 Å². The van der Waals surface area contributed by atoms with Gasteiger partial charge in [0.2, 0.25) is 0 Å². The molecule has 2 saturated carbocycles. The number of thiocarbonyl (C=S) groups is 1. The lowest BCUT2D eigenvalue weighted by molar-refractivity contribution is 0.392. The van der Waals surface area contributed by atoms with Gasteiger partial charge in [0.05, 0.1) is 5.75 Å². The second-order valence-electron chi connectivity index (χ2n) is 6.61. The summed E-state index contributed by atoms with van der Waals surface area (Å²) in [7, 11) is -3.07. The standard InChI is InChI=1S/C16H22N2O2S2/c1-22(19,20)10-13-4-2-3-5-14(13)17-16(21)18-15-9-11-6-7-12(15)8-11/h2-5,11-12,15H,6-10H2,1H3,(H2,17,18,21)/t11-,12-,15-/m0/s1. The maximum absolute atomic E-state index is 11.5. The molecular formula is C16H22N2O2S2. The molecule has 4 nitrogen and oxygen atoms in total. The van der Waals surface area contributed by atoms with Crippen LogP contribution in [0.2, 0.25) is 0 Å². The van der Waals surface area contributed by atoms with E-state index in [1.165, 1.54) is 31.9 Å². The van der Waals surface area contributed by atoms with Gasteiger partial charge in [0.1, 0.15) is 0 Å². The van der Waals surface area contributed by atoms with Gasteiger partial charge in [-0.25, -0.2) is 8.42 Å². The van der Waals surface area contributed by atoms with Crippen molar-refractivity contribution >= 4 is 32.9 Å². The Labute approximate surface area is 137 Å². The van der Waals surface area contributed by atoms with Gasteiger partial charge in [-0.05, 0) is 54.9 Å². The number of fused-ring (bicyclic) bond motifs is 2. The van der Waals surface area contributed by atoms with Crippen molar-refractivity contribution < 1.29 is 8.42 Å². The first-order chi connectivity index (χ1) is 10.4. The fourth-order valence-electron chi connectivity index (χ4n) is 3.80. The average molecular weight is 338 g/mol. The maximum Gasteiger partial charge on any atom is 0.171 e. The van der Waals surface area contributed by atoms with Gasteiger partial charge < -0.3 is 10.6 Å². The van der Waals surface area contributed by atoms with Crippen LogP contribution in [0.3, 0.4) is 0 Å². The van der Waals surface area contributed by atoms with Crippen LogP contribution in [0, 0.1) is 11.8 Å². The summed E-state index contributed by atoms with van der Waals surface area (Å²) in [4.78, 5) is 0. The van der Waals surface area contributed by atoms with Gasteiger partial charge in [-0.3, -0.25) is 0 Å². The lowest BCUT2D eigenvalue weighted by atomic mass is 9.95. The number of hydrogen-bond donors (Lipinski definition) is 2. The highest BCUT2D eigenvalue weighted by molar-refractivity contribution is 7.89. The van der Waals surface area contributed by atoms with Crippen molar-refractivity contribution in [3.05, 3.63) is 29.8 Å². The van der Waals surface area contributed by atoms with Crippen molar-refractivity contribution in [2.24, 2.45) is 11.8 Å². The van der Waals surface area contributed by atoms with Crippen LogP contribution in [0.5, 0.6) is 0 Å². The minimum Gasteiger partial charge on any atom is -0.359 e. The van der Waals surface area contributed by atoms with Crippen molar-refractivity contribution in [2.75, 3.05) is 11.6 Å². The summed E-state index contributed by atoms with van der Waals surface area (Å²) in [5.41, 5.74) is 1.52. The molecule has 3 atom stereocenters. The predicted octanol–water partition coefficient (Wildman–Crippen LogP) is 2.71. The predicted molar refractivity (Wildman–Crippen MR) is 93.6 cm³/mol. The van der Waals surface area contributed by atoms with Crippen molar-refractivity contribution in [1.29, 1.82) is 0 Å². The van der Waals surface area contributed by atoms with Gasteiger partial charge in [0.15, 0.2) is 14.9 Å². The summed E-state index contributed by atoms with van der Waals surface area (Å²) < 4.78 is 23.1. The van der Waals surface area contributed by atoms with E-state index < -0.39 is 9.84 Å². The second-order valence-corrected chi connectivity index (χ2v) is 9.16. The number of hydrogen-bond acceptors (Lipinski definition) is 3. The van der Waals surface area contributed by atoms with Crippen LogP contribution in [0.1, 0.15) is 31.2 Å². The highest BCUT2D eigenvalue weighted by Crippen LogP contribution is 2.44. The summed E-state index contributed by atoms with van der Waals surface area (Å²) in [6.07, 6.45) is 6.44. The van der Waals surface area contributed by atoms with Gasteiger partial charge in [-0.1, -0.05) is 24.6 Å². The molecule has 0 heterocycles. The van der Waals surface area contributed by atoms with E-state index >= 15 is 0 Å². The third-order valence-corrected chi connectivity index (χ3v) is 5.79. The summed E-state index contributed by atoms with van der Waals surface area (Å²) in [6.45, 7) is 0. The van der Waals surface area contributed by atoms with Crippen LogP contribution in [0.25, 0.3) is 0 Å². The molecule has 120 valence electrons. The molecule has 2 aliphatic carbocycles. The molecule has 22 heavy (non-hydrogen) atoms. The topological polar surface area (TPSA) is 58.2 Å². The average Bonchev–Trinajstić information content (AvgIpc) is 3.01. The van der Waals surface area contributed by atoms with Crippen molar-refractivity contribution in [1.82, 2.24) is 5.32 Å². The molecule has 1 aromatic rings. The summed E-state index contributed by atoms with van der Waals surface area (Å²) >= 11 is 5.42. The van der Waals surface area contributed by atoms with Crippen LogP contribution in [-0.4, -0.2) is 25.8 Å². The molecule has 2 N–H and O–H groups in total. The lowest BCUT2D eigenvalue weighted by Crippen LogP contribution is -2.41. The fraction of sp³-hybridized carbons (Fsp3) is 0.562. The van der Waals surface area contributed by atoms with Gasteiger partial charge >= 0.3 is 0 Å². The Morgan fingerprint density at radius 1 is 1.27 bits per heavy atom. The van der Waals surface area contributed by atoms with E-state index in [4.69, 9.17) is 12.2 Å². The molecule has 0 radical (unpaired) electrons. The van der Waals surface area contributed by atoms with Crippen LogP contribution in [-0.2, 0) is 15.6 Å². The number of para-hydroxylation sites is 1. The molecule has 0 unspecified atom stereocenters. The Morgan fingerprint density at radius 3 is 2.68 bits per heavy atom. The normalized spacial score (nSPS) is 26.9. The Kier molecular flexibility index (Phi) is 4.41. The quantitative estimate of drug-likeness (QED) is 0.827. The zero-order chi connectivity index (χ0) is 15.7. The molecule has 0 spiro atoms. The molecule has 3 rings (SSSR count). The number of anilines is 1. The fourth-order valence-corrected chi connectivity index (χ4v) is 4.88. The summed E-state index contributed by atoms with van der Waals surface area (Å²) in [5.74, 6) is 1.63. The summed E-state index contributed by atoms with van der Waals surface area (Å²) in [5, 5.41) is 7.19. The molecular weight excluding hydrogens is 316 g/mol. The highest BCUT2D eigenvalue weighted by Gasteiger charge is 2.39. The first kappa shape index (κ1) is 15.7. The first-order valence-electron chi connectivity index (χ1n) is 7.74. The van der Waals surface area contributed by atoms with Gasteiger partial charge in [0.25, 0.3) is 0 Å². The Morgan fingerprint density at radius 2 is 2.05 bits per heavy atom. The highest BCUT2D eigenvalue weighted by atomic mass is 32.2. The third kappa shape index (κ3) is 3.79. The molecule has 0 saturated heterocycles. The second kappa shape index (κ2) is 6.16. The van der Waals surface area contributed by atoms with E-state index in [0.29, 0.717) is 11.2 Å². The van der Waals surface area contributed by atoms with Crippen LogP contribution in [0.4, 0.5) is 5.69 Å². The Balaban J connectivity index is 1.64. The Hall–Kier alpha value is -1.14. The van der Waals surface area contributed by atoms with Crippen molar-refractivity contribution in [3.63, 3.8) is 0 Å². The van der Waals surface area contributed by atoms with E-state index in [9.17, 15) is 8.42 Å². The van der Waals surface area contributed by atoms with E-state index in [1.54, 1.807) is 0 Å². The minimum atomic E-state index is -3.07. The molecule has 2 bridgehead atoms. The van der Waals surface area contributed by atoms with Crippen molar-refractivity contribution in [2.45, 2.75) is 37.5 Å². The molecule has 6 heteroatoms. The van der Waals surface area contributed by atoms with E-state index in [0.717, 1.165) is 23.1 Å². The van der Waals surface area contributed by atoms with Crippen LogP contribution in [0.15, 0.2) is 24.3 Å². The molecule has 2 fully saturated rings. The molecule has 1 aromatic carbocycles. The molecule has 2 aliphatic rings. The van der Waals surface area contributed by atoms with E-state index in [2.05, 4.69) is 10.6 Å². The van der Waals surface area contributed by atoms with Crippen LogP contribution < -0.4 is 10.6 Å². The third-order valence-electron chi connectivity index (χ3n) is 4.74. The largest absolute Gasteiger partial charge is 0.359 e. The van der Waals surface area contributed by atoms with Gasteiger partial charge in [-0.2, -0.15) is 0 Å². The summed E-state index contributed by atoms with van der Waals surface area (Å²) in [6, 6.07) is 7.89. The monoisotopic (exact) mass is 338 g/mol.